The summed E-state index contributed by atoms with van der Waals surface area (Å²) in [6.45, 7) is 6.00. The zero-order valence-electron chi connectivity index (χ0n) is 17.6. The van der Waals surface area contributed by atoms with E-state index in [0.717, 1.165) is 63.2 Å². The van der Waals surface area contributed by atoms with E-state index in [2.05, 4.69) is 6.92 Å². The van der Waals surface area contributed by atoms with Crippen LogP contribution in [0.3, 0.4) is 0 Å². The molecule has 0 saturated carbocycles. The molecule has 2 fully saturated rings. The van der Waals surface area contributed by atoms with Crippen LogP contribution >= 0.6 is 0 Å². The van der Waals surface area contributed by atoms with Gasteiger partial charge in [-0.05, 0) is 73.9 Å². The summed E-state index contributed by atoms with van der Waals surface area (Å²) in [5.74, 6) is 2.39. The maximum Gasteiger partial charge on any atom is 0.289 e. The summed E-state index contributed by atoms with van der Waals surface area (Å²) in [5, 5.41) is 0. The van der Waals surface area contributed by atoms with Crippen LogP contribution in [0.1, 0.15) is 53.5 Å². The first-order valence-electron chi connectivity index (χ1n) is 10.9. The zero-order valence-corrected chi connectivity index (χ0v) is 17.6. The van der Waals surface area contributed by atoms with E-state index in [4.69, 9.17) is 9.15 Å². The van der Waals surface area contributed by atoms with Gasteiger partial charge in [0.05, 0.1) is 12.9 Å². The molecule has 4 rings (SSSR count). The van der Waals surface area contributed by atoms with Crippen molar-refractivity contribution in [2.75, 3.05) is 32.8 Å². The maximum absolute atomic E-state index is 12.6. The van der Waals surface area contributed by atoms with Gasteiger partial charge in [-0.15, -0.1) is 0 Å². The molecule has 0 N–H and O–H groups in total. The molecule has 6 heteroatoms. The first-order chi connectivity index (χ1) is 14.6. The molecule has 30 heavy (non-hydrogen) atoms. The molecular formula is C24H30N2O4. The Balaban J connectivity index is 1.22. The fourth-order valence-corrected chi connectivity index (χ4v) is 4.16. The Morgan fingerprint density at radius 1 is 0.933 bits per heavy atom. The van der Waals surface area contributed by atoms with Crippen molar-refractivity contribution in [1.29, 1.82) is 0 Å². The van der Waals surface area contributed by atoms with Crippen molar-refractivity contribution in [2.24, 2.45) is 11.8 Å². The number of rotatable bonds is 5. The van der Waals surface area contributed by atoms with Crippen LogP contribution in [0.5, 0.6) is 5.75 Å². The molecule has 2 aliphatic heterocycles. The highest BCUT2D eigenvalue weighted by molar-refractivity contribution is 5.94. The standard InChI is InChI=1S/C24H30N2O4/c1-18-8-12-25(13-9-18)23(27)20-4-6-21(7-5-20)30-17-19-10-14-26(15-11-19)24(28)22-3-2-16-29-22/h2-7,16,18-19H,8-15,17H2,1H3. The van der Waals surface area contributed by atoms with E-state index in [-0.39, 0.29) is 11.8 Å². The van der Waals surface area contributed by atoms with Crippen LogP contribution in [0, 0.1) is 11.8 Å². The highest BCUT2D eigenvalue weighted by Crippen LogP contribution is 2.23. The van der Waals surface area contributed by atoms with Crippen molar-refractivity contribution in [3.63, 3.8) is 0 Å². The van der Waals surface area contributed by atoms with Gasteiger partial charge in [-0.2, -0.15) is 0 Å². The van der Waals surface area contributed by atoms with Gasteiger partial charge in [0, 0.05) is 31.7 Å². The topological polar surface area (TPSA) is 63.0 Å². The number of hydrogen-bond acceptors (Lipinski definition) is 4. The van der Waals surface area contributed by atoms with Crippen LogP contribution in [-0.4, -0.2) is 54.4 Å². The molecule has 0 bridgehead atoms. The Kier molecular flexibility index (Phi) is 6.41. The van der Waals surface area contributed by atoms with Crippen LogP contribution in [0.25, 0.3) is 0 Å². The lowest BCUT2D eigenvalue weighted by Gasteiger charge is -2.31. The predicted molar refractivity (Wildman–Crippen MR) is 114 cm³/mol. The third-order valence-corrected chi connectivity index (χ3v) is 6.29. The molecule has 0 radical (unpaired) electrons. The number of nitrogens with zero attached hydrogens (tertiary/aromatic N) is 2. The van der Waals surface area contributed by atoms with Crippen LogP contribution in [0.15, 0.2) is 47.1 Å². The second-order valence-corrected chi connectivity index (χ2v) is 8.52. The predicted octanol–water partition coefficient (Wildman–Crippen LogP) is 4.08. The Labute approximate surface area is 177 Å². The summed E-state index contributed by atoms with van der Waals surface area (Å²) < 4.78 is 11.2. The molecule has 0 atom stereocenters. The van der Waals surface area contributed by atoms with Gasteiger partial charge in [0.2, 0.25) is 0 Å². The summed E-state index contributed by atoms with van der Waals surface area (Å²) in [7, 11) is 0. The Morgan fingerprint density at radius 2 is 1.57 bits per heavy atom. The molecule has 0 aliphatic carbocycles. The molecule has 1 aromatic carbocycles. The lowest BCUT2D eigenvalue weighted by Crippen LogP contribution is -2.39. The number of amides is 2. The number of piperidine rings is 2. The van der Waals surface area contributed by atoms with E-state index in [1.54, 1.807) is 12.1 Å². The molecule has 2 aliphatic rings. The SMILES string of the molecule is CC1CCN(C(=O)c2ccc(OCC3CCN(C(=O)c4ccco4)CC3)cc2)CC1. The molecule has 0 spiro atoms. The molecule has 160 valence electrons. The summed E-state index contributed by atoms with van der Waals surface area (Å²) >= 11 is 0. The first kappa shape index (κ1) is 20.5. The Morgan fingerprint density at radius 3 is 2.20 bits per heavy atom. The number of hydrogen-bond donors (Lipinski definition) is 0. The minimum absolute atomic E-state index is 0.0391. The molecule has 3 heterocycles. The van der Waals surface area contributed by atoms with E-state index in [0.29, 0.717) is 24.2 Å². The highest BCUT2D eigenvalue weighted by atomic mass is 16.5. The average molecular weight is 411 g/mol. The number of furan rings is 1. The Hall–Kier alpha value is -2.76. The van der Waals surface area contributed by atoms with Crippen LogP contribution in [-0.2, 0) is 0 Å². The van der Waals surface area contributed by atoms with Crippen LogP contribution in [0.4, 0.5) is 0 Å². The average Bonchev–Trinajstić information content (AvgIpc) is 3.33. The summed E-state index contributed by atoms with van der Waals surface area (Å²) in [5.41, 5.74) is 0.724. The quantitative estimate of drug-likeness (QED) is 0.745. The van der Waals surface area contributed by atoms with Crippen molar-refractivity contribution in [2.45, 2.75) is 32.6 Å². The minimum Gasteiger partial charge on any atom is -0.493 e. The number of benzene rings is 1. The lowest BCUT2D eigenvalue weighted by molar-refractivity contribution is 0.0629. The van der Waals surface area contributed by atoms with E-state index >= 15 is 0 Å². The van der Waals surface area contributed by atoms with Crippen molar-refractivity contribution >= 4 is 11.8 Å². The smallest absolute Gasteiger partial charge is 0.289 e. The molecule has 2 aromatic rings. The second kappa shape index (κ2) is 9.37. The first-order valence-corrected chi connectivity index (χ1v) is 10.9. The number of ether oxygens (including phenoxy) is 1. The summed E-state index contributed by atoms with van der Waals surface area (Å²) in [6, 6.07) is 10.9. The maximum atomic E-state index is 12.6. The minimum atomic E-state index is -0.0391. The lowest BCUT2D eigenvalue weighted by atomic mass is 9.97. The van der Waals surface area contributed by atoms with Crippen molar-refractivity contribution < 1.29 is 18.7 Å². The molecule has 1 aromatic heterocycles. The molecule has 2 saturated heterocycles. The van der Waals surface area contributed by atoms with E-state index in [1.165, 1.54) is 6.26 Å². The normalized spacial score (nSPS) is 18.4. The van der Waals surface area contributed by atoms with Crippen molar-refractivity contribution in [3.8, 4) is 5.75 Å². The zero-order chi connectivity index (χ0) is 20.9. The van der Waals surface area contributed by atoms with Crippen LogP contribution < -0.4 is 4.74 Å². The van der Waals surface area contributed by atoms with Crippen molar-refractivity contribution in [3.05, 3.63) is 54.0 Å². The summed E-state index contributed by atoms with van der Waals surface area (Å²) in [4.78, 5) is 28.8. The number of likely N-dealkylation sites (tertiary alicyclic amines) is 2. The fraction of sp³-hybridized carbons (Fsp3) is 0.500. The van der Waals surface area contributed by atoms with Gasteiger partial charge in [-0.1, -0.05) is 6.92 Å². The van der Waals surface area contributed by atoms with Gasteiger partial charge in [0.25, 0.3) is 11.8 Å². The molecule has 0 unspecified atom stereocenters. The van der Waals surface area contributed by atoms with Crippen molar-refractivity contribution in [1.82, 2.24) is 9.80 Å². The fourth-order valence-electron chi connectivity index (χ4n) is 4.16. The van der Waals surface area contributed by atoms with Gasteiger partial charge in [0.15, 0.2) is 5.76 Å². The van der Waals surface area contributed by atoms with Gasteiger partial charge in [-0.25, -0.2) is 0 Å². The van der Waals surface area contributed by atoms with Gasteiger partial charge >= 0.3 is 0 Å². The molecular weight excluding hydrogens is 380 g/mol. The Bertz CT molecular complexity index is 831. The van der Waals surface area contributed by atoms with Crippen LogP contribution in [0.2, 0.25) is 0 Å². The largest absolute Gasteiger partial charge is 0.493 e. The molecule has 2 amide bonds. The van der Waals surface area contributed by atoms with Gasteiger partial charge < -0.3 is 19.0 Å². The van der Waals surface area contributed by atoms with Gasteiger partial charge in [-0.3, -0.25) is 9.59 Å². The third-order valence-electron chi connectivity index (χ3n) is 6.29. The van der Waals surface area contributed by atoms with E-state index < -0.39 is 0 Å². The number of carbonyl (C=O) groups excluding carboxylic acids is 2. The van der Waals surface area contributed by atoms with E-state index in [1.807, 2.05) is 34.1 Å². The monoisotopic (exact) mass is 410 g/mol. The van der Waals surface area contributed by atoms with Gasteiger partial charge in [0.1, 0.15) is 5.75 Å². The number of carbonyl (C=O) groups is 2. The highest BCUT2D eigenvalue weighted by Gasteiger charge is 2.25. The molecule has 6 nitrogen and oxygen atoms in total. The third kappa shape index (κ3) is 4.86. The second-order valence-electron chi connectivity index (χ2n) is 8.52. The summed E-state index contributed by atoms with van der Waals surface area (Å²) in [6.07, 6.45) is 5.52. The van der Waals surface area contributed by atoms with E-state index in [9.17, 15) is 9.59 Å².